The Bertz CT molecular complexity index is 968. The minimum Gasteiger partial charge on any atom is -0.296 e. The molecule has 116 valence electrons. The molecule has 2 heterocycles. The van der Waals surface area contributed by atoms with Gasteiger partial charge in [0, 0.05) is 17.1 Å². The maximum atomic E-state index is 11.1. The molecule has 0 fully saturated rings. The van der Waals surface area contributed by atoms with Crippen LogP contribution in [0, 0.1) is 0 Å². The zero-order chi connectivity index (χ0) is 16.4. The molecule has 0 saturated carbocycles. The first-order chi connectivity index (χ1) is 11.8. The Morgan fingerprint density at radius 3 is 2.29 bits per heavy atom. The number of aromatic nitrogens is 2. The Morgan fingerprint density at radius 2 is 1.54 bits per heavy atom. The second-order valence-corrected chi connectivity index (χ2v) is 6.22. The van der Waals surface area contributed by atoms with Gasteiger partial charge in [-0.15, -0.1) is 11.3 Å². The summed E-state index contributed by atoms with van der Waals surface area (Å²) < 4.78 is 1.81. The van der Waals surface area contributed by atoms with Gasteiger partial charge in [0.2, 0.25) is 0 Å². The molecular formula is C20H14N2OS. The van der Waals surface area contributed by atoms with E-state index in [1.165, 1.54) is 22.5 Å². The van der Waals surface area contributed by atoms with Crippen molar-refractivity contribution in [2.45, 2.75) is 0 Å². The molecule has 0 atom stereocenters. The van der Waals surface area contributed by atoms with Crippen LogP contribution in [0.25, 0.3) is 27.5 Å². The van der Waals surface area contributed by atoms with Crippen molar-refractivity contribution in [3.63, 3.8) is 0 Å². The number of carbonyl (C=O) groups excluding carboxylic acids is 1. The molecule has 0 N–H and O–H groups in total. The molecule has 0 radical (unpaired) electrons. The van der Waals surface area contributed by atoms with Gasteiger partial charge in [0.1, 0.15) is 0 Å². The van der Waals surface area contributed by atoms with Gasteiger partial charge in [-0.05, 0) is 23.3 Å². The molecule has 24 heavy (non-hydrogen) atoms. The summed E-state index contributed by atoms with van der Waals surface area (Å²) in [5, 5.41) is 2.81. The molecule has 0 aliphatic carbocycles. The van der Waals surface area contributed by atoms with Crippen molar-refractivity contribution in [3.05, 3.63) is 84.0 Å². The fourth-order valence-electron chi connectivity index (χ4n) is 2.64. The number of thiazole rings is 1. The first-order valence-corrected chi connectivity index (χ1v) is 8.47. The smallest absolute Gasteiger partial charge is 0.194 e. The minimum absolute atomic E-state index is 0.607. The summed E-state index contributed by atoms with van der Waals surface area (Å²) in [6.45, 7) is 0. The number of hydrogen-bond acceptors (Lipinski definition) is 3. The van der Waals surface area contributed by atoms with E-state index in [1.807, 2.05) is 35.8 Å². The van der Waals surface area contributed by atoms with Crippen molar-refractivity contribution in [2.24, 2.45) is 0 Å². The lowest BCUT2D eigenvalue weighted by molar-refractivity contribution is 0.111. The van der Waals surface area contributed by atoms with Crippen LogP contribution in [-0.2, 0) is 0 Å². The summed E-state index contributed by atoms with van der Waals surface area (Å²) in [5.74, 6) is 0. The van der Waals surface area contributed by atoms with E-state index < -0.39 is 0 Å². The highest BCUT2D eigenvalue weighted by Crippen LogP contribution is 2.27. The minimum atomic E-state index is 0.607. The predicted octanol–water partition coefficient (Wildman–Crippen LogP) is 5.08. The van der Waals surface area contributed by atoms with Gasteiger partial charge in [-0.25, -0.2) is 4.98 Å². The third-order valence-electron chi connectivity index (χ3n) is 3.89. The molecule has 4 rings (SSSR count). The first-order valence-electron chi connectivity index (χ1n) is 7.59. The zero-order valence-corrected chi connectivity index (χ0v) is 13.6. The number of benzene rings is 2. The molecule has 3 nitrogen and oxygen atoms in total. The van der Waals surface area contributed by atoms with Crippen molar-refractivity contribution >= 4 is 17.6 Å². The molecule has 2 aromatic heterocycles. The molecule has 0 spiro atoms. The normalized spacial score (nSPS) is 10.7. The van der Waals surface area contributed by atoms with Crippen LogP contribution in [0.3, 0.4) is 0 Å². The second kappa shape index (κ2) is 6.26. The predicted molar refractivity (Wildman–Crippen MR) is 97.7 cm³/mol. The van der Waals surface area contributed by atoms with Gasteiger partial charge >= 0.3 is 0 Å². The summed E-state index contributed by atoms with van der Waals surface area (Å²) in [4.78, 5) is 15.7. The average molecular weight is 330 g/mol. The van der Waals surface area contributed by atoms with Crippen molar-refractivity contribution in [3.8, 4) is 27.5 Å². The van der Waals surface area contributed by atoms with Gasteiger partial charge in [0.25, 0.3) is 0 Å². The van der Waals surface area contributed by atoms with E-state index in [1.54, 1.807) is 10.6 Å². The molecule has 4 heteroatoms. The highest BCUT2D eigenvalue weighted by molar-refractivity contribution is 7.12. The van der Waals surface area contributed by atoms with Crippen molar-refractivity contribution in [1.82, 2.24) is 9.55 Å². The standard InChI is InChI=1S/C20H14N2OS/c23-13-18-7-4-12-22(18)20-21-19(14-24-20)17-10-8-16(9-11-17)15-5-2-1-3-6-15/h1-14H. The third-order valence-corrected chi connectivity index (χ3v) is 4.73. The molecule has 0 aliphatic heterocycles. The van der Waals surface area contributed by atoms with E-state index in [-0.39, 0.29) is 0 Å². The monoisotopic (exact) mass is 330 g/mol. The van der Waals surface area contributed by atoms with Crippen molar-refractivity contribution < 1.29 is 4.79 Å². The van der Waals surface area contributed by atoms with Crippen LogP contribution in [-0.4, -0.2) is 15.8 Å². The summed E-state index contributed by atoms with van der Waals surface area (Å²) >= 11 is 1.53. The van der Waals surface area contributed by atoms with Gasteiger partial charge in [-0.1, -0.05) is 54.6 Å². The van der Waals surface area contributed by atoms with Crippen LogP contribution in [0.2, 0.25) is 0 Å². The summed E-state index contributed by atoms with van der Waals surface area (Å²) in [6, 6.07) is 22.3. The Labute approximate surface area is 143 Å². The number of hydrogen-bond donors (Lipinski definition) is 0. The van der Waals surface area contributed by atoms with Gasteiger partial charge in [0.05, 0.1) is 11.4 Å². The Balaban J connectivity index is 1.64. The molecule has 0 unspecified atom stereocenters. The maximum absolute atomic E-state index is 11.1. The SMILES string of the molecule is O=Cc1cccn1-c1nc(-c2ccc(-c3ccccc3)cc2)cs1. The van der Waals surface area contributed by atoms with E-state index in [2.05, 4.69) is 41.4 Å². The third kappa shape index (κ3) is 2.68. The Kier molecular flexibility index (Phi) is 3.81. The zero-order valence-electron chi connectivity index (χ0n) is 12.8. The molecule has 4 aromatic rings. The van der Waals surface area contributed by atoms with Crippen molar-refractivity contribution in [1.29, 1.82) is 0 Å². The van der Waals surface area contributed by atoms with Crippen LogP contribution in [0.5, 0.6) is 0 Å². The maximum Gasteiger partial charge on any atom is 0.194 e. The van der Waals surface area contributed by atoms with Crippen LogP contribution >= 0.6 is 11.3 Å². The largest absolute Gasteiger partial charge is 0.296 e. The quantitative estimate of drug-likeness (QED) is 0.489. The Morgan fingerprint density at radius 1 is 0.833 bits per heavy atom. The van der Waals surface area contributed by atoms with E-state index in [9.17, 15) is 4.79 Å². The summed E-state index contributed by atoms with van der Waals surface area (Å²) in [7, 11) is 0. The molecule has 0 bridgehead atoms. The fraction of sp³-hybridized carbons (Fsp3) is 0. The molecule has 2 aromatic carbocycles. The van der Waals surface area contributed by atoms with Crippen LogP contribution in [0.4, 0.5) is 0 Å². The van der Waals surface area contributed by atoms with E-state index in [0.29, 0.717) is 5.69 Å². The fourth-order valence-corrected chi connectivity index (χ4v) is 3.47. The lowest BCUT2D eigenvalue weighted by Gasteiger charge is -2.03. The van der Waals surface area contributed by atoms with Gasteiger partial charge in [-0.3, -0.25) is 9.36 Å². The van der Waals surface area contributed by atoms with Crippen LogP contribution in [0.1, 0.15) is 10.5 Å². The van der Waals surface area contributed by atoms with E-state index in [4.69, 9.17) is 0 Å². The topological polar surface area (TPSA) is 34.9 Å². The van der Waals surface area contributed by atoms with Crippen LogP contribution < -0.4 is 0 Å². The summed E-state index contributed by atoms with van der Waals surface area (Å²) in [5.41, 5.74) is 4.97. The lowest BCUT2D eigenvalue weighted by Crippen LogP contribution is -1.96. The highest BCUT2D eigenvalue weighted by Gasteiger charge is 2.09. The first kappa shape index (κ1) is 14.6. The van der Waals surface area contributed by atoms with E-state index >= 15 is 0 Å². The highest BCUT2D eigenvalue weighted by atomic mass is 32.1. The average Bonchev–Trinajstić information content (AvgIpc) is 3.31. The number of aldehydes is 1. The molecule has 0 amide bonds. The number of rotatable bonds is 4. The van der Waals surface area contributed by atoms with Gasteiger partial charge in [0.15, 0.2) is 11.4 Å². The van der Waals surface area contributed by atoms with Crippen molar-refractivity contribution in [2.75, 3.05) is 0 Å². The van der Waals surface area contributed by atoms with Gasteiger partial charge < -0.3 is 0 Å². The van der Waals surface area contributed by atoms with Gasteiger partial charge in [-0.2, -0.15) is 0 Å². The molecular weight excluding hydrogens is 316 g/mol. The number of carbonyl (C=O) groups is 1. The number of nitrogens with zero attached hydrogens (tertiary/aromatic N) is 2. The Hall–Kier alpha value is -2.98. The lowest BCUT2D eigenvalue weighted by atomic mass is 10.0. The molecule has 0 aliphatic rings. The van der Waals surface area contributed by atoms with E-state index in [0.717, 1.165) is 22.7 Å². The molecule has 0 saturated heterocycles. The van der Waals surface area contributed by atoms with Crippen LogP contribution in [0.15, 0.2) is 78.3 Å². The second-order valence-electron chi connectivity index (χ2n) is 5.38. The summed E-state index contributed by atoms with van der Waals surface area (Å²) in [6.07, 6.45) is 2.70.